The number of nitrogens with one attached hydrogen (secondary N) is 1. The van der Waals surface area contributed by atoms with Crippen molar-refractivity contribution in [2.45, 2.75) is 44.1 Å². The first-order valence-corrected chi connectivity index (χ1v) is 5.30. The lowest BCUT2D eigenvalue weighted by Crippen LogP contribution is -2.43. The van der Waals surface area contributed by atoms with Gasteiger partial charge in [0.15, 0.2) is 0 Å². The molecule has 1 fully saturated rings. The van der Waals surface area contributed by atoms with Crippen LogP contribution in [0.25, 0.3) is 0 Å². The topological polar surface area (TPSA) is 12.0 Å². The minimum absolute atomic E-state index is 0.278. The van der Waals surface area contributed by atoms with Crippen molar-refractivity contribution < 1.29 is 0 Å². The predicted octanol–water partition coefficient (Wildman–Crippen LogP) is 3.04. The maximum atomic E-state index is 3.84. The summed E-state index contributed by atoms with van der Waals surface area (Å²) in [7, 11) is 0. The summed E-state index contributed by atoms with van der Waals surface area (Å²) < 4.78 is 0. The van der Waals surface area contributed by atoms with Gasteiger partial charge in [-0.15, -0.1) is 13.2 Å². The van der Waals surface area contributed by atoms with E-state index in [4.69, 9.17) is 0 Å². The Bertz CT molecular complexity index is 152. The normalized spacial score (nSPS) is 21.8. The van der Waals surface area contributed by atoms with Gasteiger partial charge in [-0.2, -0.15) is 0 Å². The molecule has 0 aliphatic carbocycles. The molecule has 1 N–H and O–H groups in total. The summed E-state index contributed by atoms with van der Waals surface area (Å²) in [6, 6.07) is 0. The van der Waals surface area contributed by atoms with Crippen molar-refractivity contribution in [2.75, 3.05) is 6.54 Å². The summed E-state index contributed by atoms with van der Waals surface area (Å²) in [5, 5.41) is 3.65. The van der Waals surface area contributed by atoms with E-state index in [1.54, 1.807) is 0 Å². The molecule has 1 heteroatoms. The zero-order valence-corrected chi connectivity index (χ0v) is 8.52. The average molecular weight is 179 g/mol. The molecule has 1 aliphatic rings. The third-order valence-corrected chi connectivity index (χ3v) is 2.90. The maximum Gasteiger partial charge on any atom is 0.0250 e. The molecule has 0 aromatic heterocycles. The Morgan fingerprint density at radius 3 is 2.38 bits per heavy atom. The van der Waals surface area contributed by atoms with E-state index < -0.39 is 0 Å². The van der Waals surface area contributed by atoms with Crippen LogP contribution in [-0.4, -0.2) is 12.1 Å². The van der Waals surface area contributed by atoms with Gasteiger partial charge in [-0.05, 0) is 32.2 Å². The highest BCUT2D eigenvalue weighted by Gasteiger charge is 2.27. The molecule has 1 saturated heterocycles. The largest absolute Gasteiger partial charge is 0.311 e. The molecule has 0 amide bonds. The summed E-state index contributed by atoms with van der Waals surface area (Å²) in [6.07, 6.45) is 11.5. The molecule has 1 nitrogen and oxygen atoms in total. The smallest absolute Gasteiger partial charge is 0.0250 e. The molecule has 0 atom stereocenters. The van der Waals surface area contributed by atoms with Crippen molar-refractivity contribution in [1.29, 1.82) is 0 Å². The van der Waals surface area contributed by atoms with Crippen LogP contribution in [0.4, 0.5) is 0 Å². The Kier molecular flexibility index (Phi) is 4.23. The fraction of sp³-hybridized carbons (Fsp3) is 0.667. The summed E-state index contributed by atoms with van der Waals surface area (Å²) in [4.78, 5) is 0. The first-order chi connectivity index (χ1) is 6.33. The first kappa shape index (κ1) is 10.5. The number of rotatable bonds is 4. The van der Waals surface area contributed by atoms with Crippen molar-refractivity contribution in [3.8, 4) is 0 Å². The molecule has 0 unspecified atom stereocenters. The van der Waals surface area contributed by atoms with E-state index >= 15 is 0 Å². The minimum Gasteiger partial charge on any atom is -0.311 e. The lowest BCUT2D eigenvalue weighted by Gasteiger charge is -2.31. The van der Waals surface area contributed by atoms with Gasteiger partial charge < -0.3 is 5.32 Å². The zero-order valence-electron chi connectivity index (χ0n) is 8.52. The fourth-order valence-corrected chi connectivity index (χ4v) is 2.19. The van der Waals surface area contributed by atoms with Crippen LogP contribution >= 0.6 is 0 Å². The zero-order chi connectivity index (χ0) is 9.57. The molecule has 0 aromatic rings. The molecule has 13 heavy (non-hydrogen) atoms. The predicted molar refractivity (Wildman–Crippen MR) is 58.8 cm³/mol. The first-order valence-electron chi connectivity index (χ1n) is 5.30. The molecule has 1 aliphatic heterocycles. The summed E-state index contributed by atoms with van der Waals surface area (Å²) in [6.45, 7) is 8.83. The lowest BCUT2D eigenvalue weighted by molar-refractivity contribution is 0.322. The lowest BCUT2D eigenvalue weighted by atomic mass is 9.86. The molecule has 0 aromatic carbocycles. The van der Waals surface area contributed by atoms with Gasteiger partial charge in [0.1, 0.15) is 0 Å². The van der Waals surface area contributed by atoms with Crippen LogP contribution < -0.4 is 5.32 Å². The van der Waals surface area contributed by atoms with Gasteiger partial charge in [0.25, 0.3) is 0 Å². The van der Waals surface area contributed by atoms with Crippen LogP contribution in [0.3, 0.4) is 0 Å². The Hall–Kier alpha value is -0.560. The summed E-state index contributed by atoms with van der Waals surface area (Å²) >= 11 is 0. The van der Waals surface area contributed by atoms with Gasteiger partial charge in [-0.25, -0.2) is 0 Å². The van der Waals surface area contributed by atoms with E-state index in [-0.39, 0.29) is 5.54 Å². The monoisotopic (exact) mass is 179 g/mol. The highest BCUT2D eigenvalue weighted by atomic mass is 15.0. The van der Waals surface area contributed by atoms with Crippen LogP contribution in [0, 0.1) is 0 Å². The van der Waals surface area contributed by atoms with Crippen molar-refractivity contribution in [3.63, 3.8) is 0 Å². The Labute approximate surface area is 81.9 Å². The quantitative estimate of drug-likeness (QED) is 0.654. The van der Waals surface area contributed by atoms with E-state index in [0.29, 0.717) is 0 Å². The Balaban J connectivity index is 2.60. The standard InChI is InChI=1S/C12H21N/c1-3-8-12(9-4-2)10-6-5-7-11-13-12/h3-4,13H,1-2,5-11H2. The molecule has 0 spiro atoms. The molecule has 0 saturated carbocycles. The number of hydrogen-bond donors (Lipinski definition) is 1. The minimum atomic E-state index is 0.278. The molecule has 74 valence electrons. The van der Waals surface area contributed by atoms with Crippen molar-refractivity contribution in [1.82, 2.24) is 5.32 Å². The highest BCUT2D eigenvalue weighted by Crippen LogP contribution is 2.26. The third-order valence-electron chi connectivity index (χ3n) is 2.90. The molecular weight excluding hydrogens is 158 g/mol. The number of hydrogen-bond acceptors (Lipinski definition) is 1. The van der Waals surface area contributed by atoms with Gasteiger partial charge in [0.2, 0.25) is 0 Å². The van der Waals surface area contributed by atoms with Crippen molar-refractivity contribution in [3.05, 3.63) is 25.3 Å². The highest BCUT2D eigenvalue weighted by molar-refractivity contribution is 4.99. The Morgan fingerprint density at radius 1 is 1.08 bits per heavy atom. The molecule has 0 bridgehead atoms. The van der Waals surface area contributed by atoms with E-state index in [1.165, 1.54) is 25.7 Å². The van der Waals surface area contributed by atoms with Crippen LogP contribution in [0.5, 0.6) is 0 Å². The second-order valence-electron chi connectivity index (χ2n) is 4.00. The molecule has 0 radical (unpaired) electrons. The van der Waals surface area contributed by atoms with E-state index in [1.807, 2.05) is 12.2 Å². The van der Waals surface area contributed by atoms with Crippen molar-refractivity contribution >= 4 is 0 Å². The van der Waals surface area contributed by atoms with E-state index in [0.717, 1.165) is 19.4 Å². The molecule has 1 rings (SSSR count). The summed E-state index contributed by atoms with van der Waals surface area (Å²) in [5.41, 5.74) is 0.278. The van der Waals surface area contributed by atoms with Crippen LogP contribution in [0.15, 0.2) is 25.3 Å². The van der Waals surface area contributed by atoms with Gasteiger partial charge >= 0.3 is 0 Å². The van der Waals surface area contributed by atoms with Gasteiger partial charge in [0, 0.05) is 5.54 Å². The summed E-state index contributed by atoms with van der Waals surface area (Å²) in [5.74, 6) is 0. The van der Waals surface area contributed by atoms with Gasteiger partial charge in [-0.3, -0.25) is 0 Å². The van der Waals surface area contributed by atoms with Crippen LogP contribution in [0.2, 0.25) is 0 Å². The molecular formula is C12H21N. The fourth-order valence-electron chi connectivity index (χ4n) is 2.19. The molecule has 1 heterocycles. The Morgan fingerprint density at radius 2 is 1.77 bits per heavy atom. The van der Waals surface area contributed by atoms with E-state index in [2.05, 4.69) is 18.5 Å². The maximum absolute atomic E-state index is 3.84. The van der Waals surface area contributed by atoms with Crippen LogP contribution in [-0.2, 0) is 0 Å². The SMILES string of the molecule is C=CCC1(CC=C)CCCCCN1. The van der Waals surface area contributed by atoms with E-state index in [9.17, 15) is 0 Å². The van der Waals surface area contributed by atoms with Crippen molar-refractivity contribution in [2.24, 2.45) is 0 Å². The average Bonchev–Trinajstić information content (AvgIpc) is 2.32. The second-order valence-corrected chi connectivity index (χ2v) is 4.00. The van der Waals surface area contributed by atoms with Gasteiger partial charge in [-0.1, -0.05) is 25.0 Å². The third kappa shape index (κ3) is 3.00. The van der Waals surface area contributed by atoms with Crippen LogP contribution in [0.1, 0.15) is 38.5 Å². The second kappa shape index (κ2) is 5.23. The van der Waals surface area contributed by atoms with Gasteiger partial charge in [0.05, 0.1) is 0 Å².